The van der Waals surface area contributed by atoms with Crippen LogP contribution in [0.3, 0.4) is 0 Å². The van der Waals surface area contributed by atoms with E-state index in [2.05, 4.69) is 9.69 Å². The maximum atomic E-state index is 12.2. The number of benzene rings is 1. The van der Waals surface area contributed by atoms with Crippen molar-refractivity contribution < 1.29 is 14.7 Å². The highest BCUT2D eigenvalue weighted by molar-refractivity contribution is 7.10. The number of rotatable bonds is 3. The predicted molar refractivity (Wildman–Crippen MR) is 81.7 cm³/mol. The molecule has 110 valence electrons. The Morgan fingerprint density at radius 3 is 2.33 bits per heavy atom. The summed E-state index contributed by atoms with van der Waals surface area (Å²) in [5.74, 6) is -1.63. The molecular weight excluding hydrogens is 288 g/mol. The van der Waals surface area contributed by atoms with E-state index in [1.807, 2.05) is 39.0 Å². The second-order valence-electron chi connectivity index (χ2n) is 5.61. The second-order valence-corrected chi connectivity index (χ2v) is 6.38. The van der Waals surface area contributed by atoms with Gasteiger partial charge in [0.1, 0.15) is 5.56 Å². The van der Waals surface area contributed by atoms with E-state index in [4.69, 9.17) is 0 Å². The third-order valence-corrected chi connectivity index (χ3v) is 3.54. The molecule has 1 aromatic heterocycles. The first-order chi connectivity index (χ1) is 9.79. The molecule has 1 heterocycles. The fourth-order valence-electron chi connectivity index (χ4n) is 1.83. The molecule has 0 saturated heterocycles. The molecule has 0 saturated carbocycles. The van der Waals surface area contributed by atoms with Crippen molar-refractivity contribution in [3.05, 3.63) is 41.6 Å². The quantitative estimate of drug-likeness (QED) is 0.913. The van der Waals surface area contributed by atoms with Gasteiger partial charge in [-0.15, -0.1) is 0 Å². The van der Waals surface area contributed by atoms with Crippen LogP contribution in [0.2, 0.25) is 0 Å². The lowest BCUT2D eigenvalue weighted by Crippen LogP contribution is -2.41. The van der Waals surface area contributed by atoms with Crippen LogP contribution < -0.4 is 5.32 Å². The van der Waals surface area contributed by atoms with Gasteiger partial charge in [0.25, 0.3) is 5.91 Å². The molecule has 0 aliphatic rings. The first-order valence-electron chi connectivity index (χ1n) is 6.40. The van der Waals surface area contributed by atoms with E-state index in [9.17, 15) is 14.7 Å². The average Bonchev–Trinajstić information content (AvgIpc) is 2.82. The van der Waals surface area contributed by atoms with Crippen LogP contribution in [0.25, 0.3) is 10.4 Å². The van der Waals surface area contributed by atoms with Crippen molar-refractivity contribution in [2.24, 2.45) is 0 Å². The minimum absolute atomic E-state index is 0.0405. The Morgan fingerprint density at radius 2 is 1.81 bits per heavy atom. The van der Waals surface area contributed by atoms with Gasteiger partial charge in [-0.1, -0.05) is 30.3 Å². The fraction of sp³-hybridized carbons (Fsp3) is 0.267. The number of carbonyl (C=O) groups excluding carboxylic acids is 1. The number of aromatic carboxylic acids is 1. The molecule has 21 heavy (non-hydrogen) atoms. The molecule has 0 unspecified atom stereocenters. The van der Waals surface area contributed by atoms with Crippen molar-refractivity contribution >= 4 is 23.4 Å². The maximum Gasteiger partial charge on any atom is 0.339 e. The van der Waals surface area contributed by atoms with Crippen LogP contribution in [0.4, 0.5) is 0 Å². The zero-order valence-corrected chi connectivity index (χ0v) is 12.8. The van der Waals surface area contributed by atoms with E-state index in [1.54, 1.807) is 12.1 Å². The minimum Gasteiger partial charge on any atom is -0.478 e. The Morgan fingerprint density at radius 1 is 1.19 bits per heavy atom. The zero-order chi connectivity index (χ0) is 15.6. The Labute approximate surface area is 126 Å². The summed E-state index contributed by atoms with van der Waals surface area (Å²) in [6.07, 6.45) is 0. The highest BCUT2D eigenvalue weighted by Gasteiger charge is 2.27. The lowest BCUT2D eigenvalue weighted by molar-refractivity contribution is 0.0690. The molecule has 0 radical (unpaired) electrons. The normalized spacial score (nSPS) is 11.2. The number of nitrogens with one attached hydrogen (secondary N) is 1. The predicted octanol–water partition coefficient (Wildman–Crippen LogP) is 3.04. The van der Waals surface area contributed by atoms with E-state index < -0.39 is 17.4 Å². The van der Waals surface area contributed by atoms with Gasteiger partial charge in [-0.25, -0.2) is 4.79 Å². The number of hydrogen-bond acceptors (Lipinski definition) is 4. The van der Waals surface area contributed by atoms with Crippen molar-refractivity contribution in [3.8, 4) is 10.4 Å². The third kappa shape index (κ3) is 3.46. The number of hydrogen-bond donors (Lipinski definition) is 2. The molecule has 5 nitrogen and oxygen atoms in total. The van der Waals surface area contributed by atoms with Gasteiger partial charge < -0.3 is 10.4 Å². The third-order valence-electron chi connectivity index (χ3n) is 2.65. The average molecular weight is 304 g/mol. The Kier molecular flexibility index (Phi) is 4.09. The molecule has 0 aliphatic carbocycles. The van der Waals surface area contributed by atoms with Crippen LogP contribution in [0.15, 0.2) is 30.3 Å². The molecule has 0 aliphatic heterocycles. The summed E-state index contributed by atoms with van der Waals surface area (Å²) < 4.78 is 4.05. The highest BCUT2D eigenvalue weighted by atomic mass is 32.1. The van der Waals surface area contributed by atoms with E-state index in [1.165, 1.54) is 0 Å². The van der Waals surface area contributed by atoms with Crippen molar-refractivity contribution in [2.45, 2.75) is 26.3 Å². The Hall–Kier alpha value is -2.21. The summed E-state index contributed by atoms with van der Waals surface area (Å²) in [4.78, 5) is 24.2. The molecule has 0 fully saturated rings. The molecule has 1 aromatic carbocycles. The van der Waals surface area contributed by atoms with Gasteiger partial charge >= 0.3 is 5.97 Å². The summed E-state index contributed by atoms with van der Waals surface area (Å²) in [5, 5.41) is 12.2. The molecule has 0 atom stereocenters. The first kappa shape index (κ1) is 15.2. The van der Waals surface area contributed by atoms with Crippen LogP contribution in [0, 0.1) is 0 Å². The van der Waals surface area contributed by atoms with E-state index in [0.29, 0.717) is 4.88 Å². The number of nitrogens with zero attached hydrogens (tertiary/aromatic N) is 1. The lowest BCUT2D eigenvalue weighted by atomic mass is 10.1. The topological polar surface area (TPSA) is 79.3 Å². The minimum atomic E-state index is -1.15. The van der Waals surface area contributed by atoms with Crippen LogP contribution in [0.5, 0.6) is 0 Å². The highest BCUT2D eigenvalue weighted by Crippen LogP contribution is 2.30. The number of amides is 1. The molecule has 6 heteroatoms. The van der Waals surface area contributed by atoms with Gasteiger partial charge in [0.05, 0.1) is 4.88 Å². The molecule has 2 aromatic rings. The van der Waals surface area contributed by atoms with Gasteiger partial charge in [-0.2, -0.15) is 4.37 Å². The summed E-state index contributed by atoms with van der Waals surface area (Å²) in [5.41, 5.74) is 0.195. The number of carbonyl (C=O) groups is 2. The largest absolute Gasteiger partial charge is 0.478 e. The van der Waals surface area contributed by atoms with Crippen LogP contribution >= 0.6 is 11.5 Å². The van der Waals surface area contributed by atoms with Gasteiger partial charge in [-0.05, 0) is 37.9 Å². The van der Waals surface area contributed by atoms with Gasteiger partial charge in [0.2, 0.25) is 0 Å². The molecular formula is C15H16N2O3S. The van der Waals surface area contributed by atoms with Gasteiger partial charge in [-0.3, -0.25) is 4.79 Å². The van der Waals surface area contributed by atoms with Crippen molar-refractivity contribution in [1.82, 2.24) is 9.69 Å². The SMILES string of the molecule is CC(C)(C)NC(=O)c1nsc(-c2ccccc2)c1C(=O)O. The molecule has 2 N–H and O–H groups in total. The lowest BCUT2D eigenvalue weighted by Gasteiger charge is -2.19. The standard InChI is InChI=1S/C15H16N2O3S/c1-15(2,3)16-13(18)11-10(14(19)20)12(21-17-11)9-7-5-4-6-8-9/h4-8H,1-3H3,(H,16,18)(H,19,20). The maximum absolute atomic E-state index is 12.2. The monoisotopic (exact) mass is 304 g/mol. The fourth-order valence-corrected chi connectivity index (χ4v) is 2.70. The number of carboxylic acids is 1. The van der Waals surface area contributed by atoms with Crippen LogP contribution in [-0.4, -0.2) is 26.9 Å². The van der Waals surface area contributed by atoms with E-state index >= 15 is 0 Å². The van der Waals surface area contributed by atoms with E-state index in [-0.39, 0.29) is 11.3 Å². The van der Waals surface area contributed by atoms with Crippen molar-refractivity contribution in [3.63, 3.8) is 0 Å². The van der Waals surface area contributed by atoms with Gasteiger partial charge in [0, 0.05) is 5.54 Å². The summed E-state index contributed by atoms with van der Waals surface area (Å²) in [6.45, 7) is 5.49. The summed E-state index contributed by atoms with van der Waals surface area (Å²) in [6, 6.07) is 9.07. The Bertz CT molecular complexity index is 672. The molecule has 0 bridgehead atoms. The van der Waals surface area contributed by atoms with Gasteiger partial charge in [0.15, 0.2) is 5.69 Å². The van der Waals surface area contributed by atoms with Crippen LogP contribution in [-0.2, 0) is 0 Å². The summed E-state index contributed by atoms with van der Waals surface area (Å²) in [7, 11) is 0. The van der Waals surface area contributed by atoms with Crippen molar-refractivity contribution in [2.75, 3.05) is 0 Å². The first-order valence-corrected chi connectivity index (χ1v) is 7.18. The smallest absolute Gasteiger partial charge is 0.339 e. The van der Waals surface area contributed by atoms with Crippen LogP contribution in [0.1, 0.15) is 41.6 Å². The summed E-state index contributed by atoms with van der Waals surface area (Å²) >= 11 is 1.02. The number of carboxylic acid groups (broad SMARTS) is 1. The molecule has 1 amide bonds. The number of aromatic nitrogens is 1. The second kappa shape index (κ2) is 5.65. The zero-order valence-electron chi connectivity index (χ0n) is 12.0. The molecule has 2 rings (SSSR count). The Balaban J connectivity index is 2.48. The van der Waals surface area contributed by atoms with Crippen molar-refractivity contribution in [1.29, 1.82) is 0 Å². The van der Waals surface area contributed by atoms with E-state index in [0.717, 1.165) is 17.1 Å². The molecule has 0 spiro atoms.